The number of ether oxygens (including phenoxy) is 2. The molecule has 0 aromatic carbocycles. The van der Waals surface area contributed by atoms with E-state index in [9.17, 15) is 14.2 Å². The van der Waals surface area contributed by atoms with Crippen molar-refractivity contribution in [3.8, 4) is 0 Å². The zero-order valence-electron chi connectivity index (χ0n) is 18.0. The molecule has 9 nitrogen and oxygen atoms in total. The summed E-state index contributed by atoms with van der Waals surface area (Å²) in [6, 6.07) is -0.829. The van der Waals surface area contributed by atoms with E-state index in [0.29, 0.717) is 18.8 Å². The monoisotopic (exact) mass is 680 g/mol. The van der Waals surface area contributed by atoms with E-state index in [4.69, 9.17) is 18.9 Å². The van der Waals surface area contributed by atoms with Crippen LogP contribution in [0.2, 0.25) is 0 Å². The Labute approximate surface area is 168 Å². The molecule has 0 saturated carbocycles. The summed E-state index contributed by atoms with van der Waals surface area (Å²) in [6.07, 6.45) is 4.30. The van der Waals surface area contributed by atoms with Crippen LogP contribution in [-0.2, 0) is 28.3 Å². The molecular weight excluding hydrogens is 644 g/mol. The Kier molecular flexibility index (Phi) is 13.1. The molecule has 2 N–H and O–H groups in total. The fourth-order valence-corrected chi connectivity index (χ4v) is 4.27. The van der Waals surface area contributed by atoms with Crippen molar-refractivity contribution < 1.29 is 33.0 Å². The minimum absolute atomic E-state index is 0.0703. The van der Waals surface area contributed by atoms with Gasteiger partial charge < -0.3 is 0 Å². The quantitative estimate of drug-likeness (QED) is 0.145. The van der Waals surface area contributed by atoms with Crippen LogP contribution >= 0.6 is 7.75 Å². The van der Waals surface area contributed by atoms with Gasteiger partial charge in [0.05, 0.1) is 0 Å². The van der Waals surface area contributed by atoms with E-state index in [1.165, 1.54) is 0 Å². The zero-order chi connectivity index (χ0) is 22.3. The Morgan fingerprint density at radius 3 is 2.28 bits per heavy atom. The third kappa shape index (κ3) is 13.8. The van der Waals surface area contributed by atoms with E-state index >= 15 is 0 Å². The van der Waals surface area contributed by atoms with E-state index in [1.54, 1.807) is 20.8 Å². The van der Waals surface area contributed by atoms with Gasteiger partial charge in [-0.05, 0) is 0 Å². The van der Waals surface area contributed by atoms with Gasteiger partial charge in [0.15, 0.2) is 0 Å². The molecule has 0 saturated heterocycles. The molecular formula is C18H36FmN2O7P. The predicted octanol–water partition coefficient (Wildman–Crippen LogP) is 3.51. The normalized spacial score (nSPS) is 15.0. The van der Waals surface area contributed by atoms with Crippen molar-refractivity contribution >= 4 is 20.1 Å². The first kappa shape index (κ1) is 27.0. The van der Waals surface area contributed by atoms with Crippen molar-refractivity contribution in [1.82, 2.24) is 10.4 Å². The first-order valence-corrected chi connectivity index (χ1v) is 12.4. The van der Waals surface area contributed by atoms with E-state index in [1.807, 2.05) is 0 Å². The van der Waals surface area contributed by atoms with Crippen LogP contribution in [-0.4, -0.2) is 50.4 Å². The average Bonchev–Trinajstić information content (AvgIpc) is 2.63. The van der Waals surface area contributed by atoms with Crippen LogP contribution < -0.4 is 10.4 Å². The first-order valence-electron chi connectivity index (χ1n) is 9.88. The SMILES string of the molecule is CCCC(CCC)COC[C@@H](C=O)NP(=O)([O][Fm])OCCNC(=O)OC(C)(C)C. The second-order valence-electron chi connectivity index (χ2n) is 7.66. The van der Waals surface area contributed by atoms with Gasteiger partial charge in [-0.3, -0.25) is 0 Å². The molecule has 0 aliphatic carbocycles. The molecule has 0 radical (unpaired) electrons. The summed E-state index contributed by atoms with van der Waals surface area (Å²) in [5, 5.41) is 5.06. The molecule has 11 heteroatoms. The van der Waals surface area contributed by atoms with Gasteiger partial charge in [-0.2, -0.15) is 0 Å². The van der Waals surface area contributed by atoms with Gasteiger partial charge >= 0.3 is 168 Å². The maximum absolute atomic E-state index is 12.6. The van der Waals surface area contributed by atoms with Crippen molar-refractivity contribution in [3.63, 3.8) is 0 Å². The standard InChI is InChI=1S/C18H37N2O7P.Fm/c1-6-8-15(9-7-2)13-25-14-16(12-21)20-28(23,24)26-11-10-19-17(22)27-18(3,4)5;/h12,15-16H,6-11,13-14H2,1-5H3,(H,19,22)(H2,20,23,24);/q;+1/p-1/t16-;/m1./s1. The molecule has 0 aromatic rings. The number of carbonyl (C=O) groups excluding carboxylic acids is 2. The molecule has 0 aromatic heterocycles. The van der Waals surface area contributed by atoms with Crippen molar-refractivity contribution in [2.24, 2.45) is 5.92 Å². The first-order chi connectivity index (χ1) is 13.6. The van der Waals surface area contributed by atoms with Crippen molar-refractivity contribution in [3.05, 3.63) is 0 Å². The second-order valence-corrected chi connectivity index (χ2v) is 10.6. The number of amides is 1. The van der Waals surface area contributed by atoms with Crippen LogP contribution in [0.4, 0.5) is 4.79 Å². The van der Waals surface area contributed by atoms with Crippen molar-refractivity contribution in [2.75, 3.05) is 26.4 Å². The third-order valence-corrected chi connectivity index (χ3v) is 6.68. The molecule has 177 valence electrons. The van der Waals surface area contributed by atoms with Gasteiger partial charge in [-0.25, -0.2) is 0 Å². The molecule has 0 aliphatic heterocycles. The summed E-state index contributed by atoms with van der Waals surface area (Å²) in [5.41, 5.74) is -0.612. The van der Waals surface area contributed by atoms with Gasteiger partial charge in [0, 0.05) is 0 Å². The van der Waals surface area contributed by atoms with Crippen molar-refractivity contribution in [1.29, 1.82) is 0 Å². The molecule has 29 heavy (non-hydrogen) atoms. The Morgan fingerprint density at radius 1 is 1.17 bits per heavy atom. The zero-order valence-corrected chi connectivity index (χ0v) is 21.3. The average molecular weight is 680 g/mol. The summed E-state index contributed by atoms with van der Waals surface area (Å²) in [4.78, 5) is 27.8. The maximum atomic E-state index is 12.6. The van der Waals surface area contributed by atoms with Crippen LogP contribution in [0.1, 0.15) is 60.3 Å². The summed E-state index contributed by atoms with van der Waals surface area (Å²) in [7, 11) is -3.71. The molecule has 1 unspecified atom stereocenters. The van der Waals surface area contributed by atoms with E-state index in [0.717, 1.165) is 25.7 Å². The summed E-state index contributed by atoms with van der Waals surface area (Å²) < 4.78 is 29.8. The molecule has 2 atom stereocenters. The Hall–Kier alpha value is -1.99. The third-order valence-electron chi connectivity index (χ3n) is 3.63. The van der Waals surface area contributed by atoms with E-state index in [-0.39, 0.29) is 19.8 Å². The predicted molar refractivity (Wildman–Crippen MR) is 106 cm³/mol. The van der Waals surface area contributed by atoms with Gasteiger partial charge in [0.25, 0.3) is 0 Å². The van der Waals surface area contributed by atoms with Crippen molar-refractivity contribution in [2.45, 2.75) is 71.9 Å². The summed E-state index contributed by atoms with van der Waals surface area (Å²) in [5.74, 6) is 0.446. The fourth-order valence-electron chi connectivity index (χ4n) is 2.50. The van der Waals surface area contributed by atoms with Gasteiger partial charge in [0.2, 0.25) is 0 Å². The fraction of sp³-hybridized carbons (Fsp3) is 0.889. The van der Waals surface area contributed by atoms with Gasteiger partial charge in [-0.15, -0.1) is 0 Å². The minimum atomic E-state index is -3.71. The number of alkyl carbamates (subject to hydrolysis) is 1. The Morgan fingerprint density at radius 2 is 1.79 bits per heavy atom. The van der Waals surface area contributed by atoms with Crippen LogP contribution in [0.5, 0.6) is 0 Å². The Balaban J connectivity index is 4.38. The molecule has 0 rings (SSSR count). The van der Waals surface area contributed by atoms with E-state index < -0.39 is 25.5 Å². The molecule has 0 spiro atoms. The topological polar surface area (TPSA) is 112 Å². The van der Waals surface area contributed by atoms with Crippen LogP contribution in [0, 0.1) is 5.92 Å². The van der Waals surface area contributed by atoms with Crippen LogP contribution in [0.3, 0.4) is 0 Å². The second kappa shape index (κ2) is 14.1. The Bertz CT molecular complexity index is 511. The number of hydrogen-bond acceptors (Lipinski definition) is 7. The molecule has 0 fully saturated rings. The number of nitrogens with one attached hydrogen (secondary N) is 2. The number of carbonyl (C=O) groups is 2. The van der Waals surface area contributed by atoms with Gasteiger partial charge in [0.1, 0.15) is 0 Å². The van der Waals surface area contributed by atoms with E-state index in [2.05, 4.69) is 24.3 Å². The number of aldehydes is 1. The number of hydrogen-bond donors (Lipinski definition) is 2. The van der Waals surface area contributed by atoms with Crippen LogP contribution in [0.25, 0.3) is 0 Å². The molecule has 1 amide bonds. The van der Waals surface area contributed by atoms with Crippen LogP contribution in [0.15, 0.2) is 0 Å². The summed E-state index contributed by atoms with van der Waals surface area (Å²) >= 11 is 0. The van der Waals surface area contributed by atoms with Gasteiger partial charge in [-0.1, -0.05) is 0 Å². The molecule has 0 heterocycles. The number of rotatable bonds is 16. The molecule has 0 aliphatic rings. The summed E-state index contributed by atoms with van der Waals surface area (Å²) in [6.45, 7) is 10.1. The molecule has 0 bridgehead atoms.